The molecule has 7 nitrogen and oxygen atoms in total. The molecule has 3 aromatic heterocycles. The van der Waals surface area contributed by atoms with Crippen LogP contribution in [0.1, 0.15) is 36.6 Å². The van der Waals surface area contributed by atoms with Crippen molar-refractivity contribution in [2.45, 2.75) is 31.8 Å². The fraction of sp³-hybridized carbons (Fsp3) is 0.333. The van der Waals surface area contributed by atoms with E-state index in [-0.39, 0.29) is 11.6 Å². The standard InChI is InChI=1S/C21H24N6O/c1-22-20-16(7-5-10-24-20)14-27-11-3-2-8-18(27)17-12-19(28)26-21(25-17)15-6-4-9-23-13-15/h4-7,9-10,12-13,18H,2-3,8,11,14H2,1H3,(H,22,24)(H,25,26,28)/t18-/m0/s1. The number of aromatic nitrogens is 4. The summed E-state index contributed by atoms with van der Waals surface area (Å²) in [5.74, 6) is 1.46. The molecule has 1 atom stereocenters. The van der Waals surface area contributed by atoms with Crippen molar-refractivity contribution in [3.05, 3.63) is 70.5 Å². The second-order valence-electron chi connectivity index (χ2n) is 7.00. The first-order chi connectivity index (χ1) is 13.7. The molecule has 0 aliphatic carbocycles. The third kappa shape index (κ3) is 3.94. The van der Waals surface area contributed by atoms with Crippen molar-refractivity contribution >= 4 is 5.82 Å². The summed E-state index contributed by atoms with van der Waals surface area (Å²) >= 11 is 0. The molecule has 4 rings (SSSR count). The minimum atomic E-state index is -0.133. The van der Waals surface area contributed by atoms with E-state index < -0.39 is 0 Å². The first kappa shape index (κ1) is 18.3. The predicted octanol–water partition coefficient (Wildman–Crippen LogP) is 3.00. The van der Waals surface area contributed by atoms with Gasteiger partial charge >= 0.3 is 0 Å². The Kier molecular flexibility index (Phi) is 5.43. The van der Waals surface area contributed by atoms with E-state index in [0.717, 1.165) is 55.0 Å². The number of likely N-dealkylation sites (tertiary alicyclic amines) is 1. The molecule has 1 saturated heterocycles. The van der Waals surface area contributed by atoms with Gasteiger partial charge in [0.2, 0.25) is 0 Å². The Balaban J connectivity index is 1.66. The second kappa shape index (κ2) is 8.31. The van der Waals surface area contributed by atoms with E-state index in [1.54, 1.807) is 24.7 Å². The largest absolute Gasteiger partial charge is 0.373 e. The molecule has 144 valence electrons. The summed E-state index contributed by atoms with van der Waals surface area (Å²) in [6, 6.07) is 9.54. The number of anilines is 1. The molecular formula is C21H24N6O. The third-order valence-electron chi connectivity index (χ3n) is 5.15. The van der Waals surface area contributed by atoms with Gasteiger partial charge in [0, 0.05) is 49.4 Å². The van der Waals surface area contributed by atoms with Crippen LogP contribution in [0.2, 0.25) is 0 Å². The molecular weight excluding hydrogens is 352 g/mol. The third-order valence-corrected chi connectivity index (χ3v) is 5.15. The number of nitrogens with zero attached hydrogens (tertiary/aromatic N) is 4. The summed E-state index contributed by atoms with van der Waals surface area (Å²) in [6.07, 6.45) is 8.48. The Hall–Kier alpha value is -3.06. The van der Waals surface area contributed by atoms with Gasteiger partial charge < -0.3 is 10.3 Å². The summed E-state index contributed by atoms with van der Waals surface area (Å²) in [5, 5.41) is 3.16. The van der Waals surface area contributed by atoms with Crippen molar-refractivity contribution in [2.24, 2.45) is 0 Å². The number of hydrogen-bond acceptors (Lipinski definition) is 6. The zero-order valence-corrected chi connectivity index (χ0v) is 15.9. The second-order valence-corrected chi connectivity index (χ2v) is 7.00. The number of piperidine rings is 1. The first-order valence-electron chi connectivity index (χ1n) is 9.62. The van der Waals surface area contributed by atoms with Crippen LogP contribution in [-0.4, -0.2) is 38.4 Å². The van der Waals surface area contributed by atoms with Crippen molar-refractivity contribution in [2.75, 3.05) is 18.9 Å². The number of hydrogen-bond donors (Lipinski definition) is 2. The predicted molar refractivity (Wildman–Crippen MR) is 109 cm³/mol. The van der Waals surface area contributed by atoms with Crippen LogP contribution in [0, 0.1) is 0 Å². The summed E-state index contributed by atoms with van der Waals surface area (Å²) < 4.78 is 0. The van der Waals surface area contributed by atoms with Gasteiger partial charge in [-0.15, -0.1) is 0 Å². The van der Waals surface area contributed by atoms with E-state index in [0.29, 0.717) is 5.82 Å². The maximum Gasteiger partial charge on any atom is 0.251 e. The highest BCUT2D eigenvalue weighted by Gasteiger charge is 2.26. The molecule has 0 aromatic carbocycles. The minimum absolute atomic E-state index is 0.108. The fourth-order valence-corrected chi connectivity index (χ4v) is 3.81. The Bertz CT molecular complexity index is 987. The molecule has 1 aliphatic rings. The maximum atomic E-state index is 12.3. The lowest BCUT2D eigenvalue weighted by Gasteiger charge is -2.35. The van der Waals surface area contributed by atoms with E-state index in [1.165, 1.54) is 0 Å². The van der Waals surface area contributed by atoms with Crippen molar-refractivity contribution in [3.8, 4) is 11.4 Å². The molecule has 4 heterocycles. The molecule has 3 aromatic rings. The van der Waals surface area contributed by atoms with Crippen LogP contribution in [0.25, 0.3) is 11.4 Å². The highest BCUT2D eigenvalue weighted by Crippen LogP contribution is 2.32. The molecule has 1 aliphatic heterocycles. The maximum absolute atomic E-state index is 12.3. The lowest BCUT2D eigenvalue weighted by Crippen LogP contribution is -2.34. The van der Waals surface area contributed by atoms with Gasteiger partial charge in [-0.25, -0.2) is 9.97 Å². The summed E-state index contributed by atoms with van der Waals surface area (Å²) in [7, 11) is 1.89. The molecule has 7 heteroatoms. The topological polar surface area (TPSA) is 86.8 Å². The molecule has 0 bridgehead atoms. The van der Waals surface area contributed by atoms with Crippen LogP contribution in [0.15, 0.2) is 53.7 Å². The van der Waals surface area contributed by atoms with Gasteiger partial charge in [0.05, 0.1) is 11.7 Å². The fourth-order valence-electron chi connectivity index (χ4n) is 3.81. The minimum Gasteiger partial charge on any atom is -0.373 e. The van der Waals surface area contributed by atoms with Crippen LogP contribution in [0.5, 0.6) is 0 Å². The SMILES string of the molecule is CNc1ncccc1CN1CCCC[C@H]1c1cc(=O)[nH]c(-c2cccnc2)n1. The van der Waals surface area contributed by atoms with Crippen molar-refractivity contribution in [3.63, 3.8) is 0 Å². The zero-order valence-electron chi connectivity index (χ0n) is 15.9. The summed E-state index contributed by atoms with van der Waals surface area (Å²) in [6.45, 7) is 1.74. The molecule has 28 heavy (non-hydrogen) atoms. The van der Waals surface area contributed by atoms with E-state index in [9.17, 15) is 4.79 Å². The molecule has 0 unspecified atom stereocenters. The van der Waals surface area contributed by atoms with E-state index in [1.807, 2.05) is 25.2 Å². The van der Waals surface area contributed by atoms with Gasteiger partial charge in [0.1, 0.15) is 11.6 Å². The van der Waals surface area contributed by atoms with Gasteiger partial charge in [-0.1, -0.05) is 12.5 Å². The monoisotopic (exact) mass is 376 g/mol. The Labute approximate surface area is 163 Å². The van der Waals surface area contributed by atoms with Gasteiger partial charge in [-0.3, -0.25) is 14.7 Å². The van der Waals surface area contributed by atoms with E-state index >= 15 is 0 Å². The van der Waals surface area contributed by atoms with Gasteiger partial charge in [0.15, 0.2) is 0 Å². The quantitative estimate of drug-likeness (QED) is 0.712. The summed E-state index contributed by atoms with van der Waals surface area (Å²) in [5.41, 5.74) is 2.65. The highest BCUT2D eigenvalue weighted by atomic mass is 16.1. The molecule has 0 saturated carbocycles. The lowest BCUT2D eigenvalue weighted by atomic mass is 9.98. The summed E-state index contributed by atoms with van der Waals surface area (Å²) in [4.78, 5) is 30.9. The first-order valence-corrected chi connectivity index (χ1v) is 9.62. The molecule has 1 fully saturated rings. The highest BCUT2D eigenvalue weighted by molar-refractivity contribution is 5.52. The average molecular weight is 376 g/mol. The molecule has 2 N–H and O–H groups in total. The van der Waals surface area contributed by atoms with E-state index in [4.69, 9.17) is 4.98 Å². The van der Waals surface area contributed by atoms with Crippen LogP contribution in [-0.2, 0) is 6.54 Å². The lowest BCUT2D eigenvalue weighted by molar-refractivity contribution is 0.137. The Morgan fingerprint density at radius 3 is 2.96 bits per heavy atom. The van der Waals surface area contributed by atoms with Gasteiger partial charge in [-0.2, -0.15) is 0 Å². The Morgan fingerprint density at radius 1 is 1.25 bits per heavy atom. The number of rotatable bonds is 5. The molecule has 0 spiro atoms. The van der Waals surface area contributed by atoms with Gasteiger partial charge in [0.25, 0.3) is 5.56 Å². The average Bonchev–Trinajstić information content (AvgIpc) is 2.75. The number of pyridine rings is 2. The smallest absolute Gasteiger partial charge is 0.251 e. The normalized spacial score (nSPS) is 17.4. The zero-order chi connectivity index (χ0) is 19.3. The molecule has 0 amide bonds. The Morgan fingerprint density at radius 2 is 2.14 bits per heavy atom. The van der Waals surface area contributed by atoms with E-state index in [2.05, 4.69) is 31.2 Å². The van der Waals surface area contributed by atoms with Crippen molar-refractivity contribution < 1.29 is 0 Å². The van der Waals surface area contributed by atoms with Gasteiger partial charge in [-0.05, 0) is 37.6 Å². The van der Waals surface area contributed by atoms with Crippen LogP contribution < -0.4 is 10.9 Å². The van der Waals surface area contributed by atoms with Crippen LogP contribution in [0.3, 0.4) is 0 Å². The number of nitrogens with one attached hydrogen (secondary N) is 2. The van der Waals surface area contributed by atoms with Crippen molar-refractivity contribution in [1.29, 1.82) is 0 Å². The molecule has 0 radical (unpaired) electrons. The number of H-pyrrole nitrogens is 1. The van der Waals surface area contributed by atoms with Crippen LogP contribution >= 0.6 is 0 Å². The van der Waals surface area contributed by atoms with Crippen molar-refractivity contribution in [1.82, 2.24) is 24.8 Å². The number of aromatic amines is 1. The van der Waals surface area contributed by atoms with Crippen LogP contribution in [0.4, 0.5) is 5.82 Å².